The van der Waals surface area contributed by atoms with Crippen molar-refractivity contribution in [2.75, 3.05) is 26.4 Å². The number of rotatable bonds is 17. The molecule has 69 heavy (non-hydrogen) atoms. The van der Waals surface area contributed by atoms with E-state index in [1.54, 1.807) is 0 Å². The van der Waals surface area contributed by atoms with Gasteiger partial charge in [0.2, 0.25) is 0 Å². The fourth-order valence-electron chi connectivity index (χ4n) is 6.07. The molecule has 366 valence electrons. The summed E-state index contributed by atoms with van der Waals surface area (Å²) in [6.07, 6.45) is 0. The lowest BCUT2D eigenvalue weighted by Gasteiger charge is -2.13. The molecule has 6 rings (SSSR count). The van der Waals surface area contributed by atoms with Gasteiger partial charge in [0.1, 0.15) is 73.6 Å². The van der Waals surface area contributed by atoms with Gasteiger partial charge in [-0.2, -0.15) is 47.2 Å². The molecule has 0 saturated carbocycles. The van der Waals surface area contributed by atoms with Crippen LogP contribution in [-0.4, -0.2) is 117 Å². The molecule has 0 fully saturated rings. The van der Waals surface area contributed by atoms with Crippen molar-refractivity contribution in [1.29, 1.82) is 0 Å². The number of aromatic hydroxyl groups is 3. The smallest absolute Gasteiger partial charge is 0.296 e. The van der Waals surface area contributed by atoms with Crippen LogP contribution in [0.15, 0.2) is 128 Å². The number of aliphatic hydroxyl groups excluding tert-OH is 2. The fraction of sp³-hybridized carbons (Fsp3) is 0.111. The largest absolute Gasteiger partial charge is 0.507 e. The zero-order chi connectivity index (χ0) is 51.0. The van der Waals surface area contributed by atoms with Gasteiger partial charge >= 0.3 is 0 Å². The van der Waals surface area contributed by atoms with Gasteiger partial charge in [0.15, 0.2) is 11.5 Å². The Balaban J connectivity index is 1.44. The van der Waals surface area contributed by atoms with Crippen molar-refractivity contribution in [3.05, 3.63) is 72.8 Å². The Bertz CT molecular complexity index is 3770. The minimum atomic E-state index is -5.34. The first-order valence-electron chi connectivity index (χ1n) is 18.3. The number of aliphatic hydroxyl groups is 2. The molecule has 0 aliphatic carbocycles. The van der Waals surface area contributed by atoms with E-state index in [4.69, 9.17) is 9.47 Å². The molecule has 6 aromatic rings. The van der Waals surface area contributed by atoms with Crippen LogP contribution in [0.25, 0.3) is 21.5 Å². The lowest BCUT2D eigenvalue weighted by Crippen LogP contribution is -2.04. The van der Waals surface area contributed by atoms with Crippen molar-refractivity contribution < 1.29 is 99.9 Å². The summed E-state index contributed by atoms with van der Waals surface area (Å²) in [6.45, 7) is -2.19. The van der Waals surface area contributed by atoms with E-state index < -0.39 is 158 Å². The van der Waals surface area contributed by atoms with Crippen molar-refractivity contribution in [1.82, 2.24) is 0 Å². The summed E-state index contributed by atoms with van der Waals surface area (Å²) in [5, 5.41) is 72.5. The van der Waals surface area contributed by atoms with Gasteiger partial charge in [-0.15, -0.1) is 25.6 Å². The lowest BCUT2D eigenvalue weighted by molar-refractivity contribution is 0.198. The van der Waals surface area contributed by atoms with Crippen molar-refractivity contribution in [3.63, 3.8) is 0 Å². The van der Waals surface area contributed by atoms with Crippen molar-refractivity contribution in [2.45, 2.75) is 24.5 Å². The van der Waals surface area contributed by atoms with Gasteiger partial charge in [-0.1, -0.05) is 0 Å². The first kappa shape index (κ1) is 51.5. The number of azo groups is 3. The van der Waals surface area contributed by atoms with Gasteiger partial charge in [0.25, 0.3) is 50.6 Å². The normalized spacial score (nSPS) is 13.1. The van der Waals surface area contributed by atoms with E-state index in [2.05, 4.69) is 30.7 Å². The molecule has 0 bridgehead atoms. The predicted molar refractivity (Wildman–Crippen MR) is 233 cm³/mol. The standard InChI is InChI=1S/C36H30N6O22S5/c43-5-7-63-27-16-25(40-42-34-31(69(60,61)62)12-18-10-21(66(51,52)53)14-26(45)32(18)36(34)47)28(64-8-6-44)15-24(27)39-38-23-4-1-19(13-29(23)67(54,55)56)37-41-33-30(68(57,58)59)11-17-9-20(65(48,49)50)2-3-22(17)35(33)46/h1-4,9-16,43-47H,5-8H2,(H,48,49,50)(H,51,52,53)(H,54,55,56)(H,57,58,59)(H,60,61,62). The summed E-state index contributed by atoms with van der Waals surface area (Å²) < 4.78 is 181. The lowest BCUT2D eigenvalue weighted by atomic mass is 10.1. The van der Waals surface area contributed by atoms with Crippen molar-refractivity contribution in [2.24, 2.45) is 30.7 Å². The monoisotopic (exact) mass is 1060 g/mol. The van der Waals surface area contributed by atoms with Crippen molar-refractivity contribution in [3.8, 4) is 28.7 Å². The summed E-state index contributed by atoms with van der Waals surface area (Å²) in [5.41, 5.74) is -3.81. The Morgan fingerprint density at radius 1 is 0.435 bits per heavy atom. The third-order valence-corrected chi connectivity index (χ3v) is 13.3. The number of nitrogens with zero attached hydrogens (tertiary/aromatic N) is 6. The summed E-state index contributed by atoms with van der Waals surface area (Å²) >= 11 is 0. The van der Waals surface area contributed by atoms with Gasteiger partial charge in [-0.05, 0) is 65.4 Å². The van der Waals surface area contributed by atoms with Gasteiger partial charge in [-0.25, -0.2) is 0 Å². The molecule has 0 heterocycles. The summed E-state index contributed by atoms with van der Waals surface area (Å²) in [4.78, 5) is -4.91. The molecule has 0 saturated heterocycles. The van der Waals surface area contributed by atoms with Gasteiger partial charge in [-0.3, -0.25) is 22.8 Å². The van der Waals surface area contributed by atoms with Crippen LogP contribution in [0.2, 0.25) is 0 Å². The Kier molecular flexibility index (Phi) is 14.4. The van der Waals surface area contributed by atoms with Crippen LogP contribution >= 0.6 is 0 Å². The number of benzene rings is 6. The summed E-state index contributed by atoms with van der Waals surface area (Å²) in [5.74, 6) is -3.86. The van der Waals surface area contributed by atoms with E-state index in [1.807, 2.05) is 0 Å². The average Bonchev–Trinajstić information content (AvgIpc) is 3.24. The molecule has 10 N–H and O–H groups in total. The molecule has 0 spiro atoms. The Hall–Kier alpha value is -6.89. The molecular formula is C36H30N6O22S5. The minimum absolute atomic E-state index is 0.237. The van der Waals surface area contributed by atoms with E-state index >= 15 is 0 Å². The number of phenols is 3. The molecule has 0 unspecified atom stereocenters. The van der Waals surface area contributed by atoms with Crippen molar-refractivity contribution >= 4 is 106 Å². The third kappa shape index (κ3) is 11.5. The predicted octanol–water partition coefficient (Wildman–Crippen LogP) is 5.33. The van der Waals surface area contributed by atoms with Crippen LogP contribution in [0.1, 0.15) is 0 Å². The Labute approximate surface area is 387 Å². The van der Waals surface area contributed by atoms with E-state index in [0.29, 0.717) is 30.3 Å². The average molecular weight is 1060 g/mol. The first-order valence-corrected chi connectivity index (χ1v) is 25.5. The second-order valence-electron chi connectivity index (χ2n) is 13.6. The van der Waals surface area contributed by atoms with E-state index in [9.17, 15) is 90.4 Å². The number of phenolic OH excluding ortho intramolecular Hbond substituents is 3. The van der Waals surface area contributed by atoms with Gasteiger partial charge in [0, 0.05) is 23.6 Å². The summed E-state index contributed by atoms with van der Waals surface area (Å²) in [6, 6.07) is 9.64. The molecule has 0 radical (unpaired) electrons. The number of hydrogen-bond acceptors (Lipinski definition) is 23. The number of fused-ring (bicyclic) bond motifs is 2. The maximum atomic E-state index is 12.6. The molecule has 0 atom stereocenters. The zero-order valence-electron chi connectivity index (χ0n) is 33.9. The maximum Gasteiger partial charge on any atom is 0.296 e. The molecule has 0 aromatic heterocycles. The highest BCUT2D eigenvalue weighted by Gasteiger charge is 2.27. The molecule has 28 nitrogen and oxygen atoms in total. The highest BCUT2D eigenvalue weighted by molar-refractivity contribution is 7.87. The quantitative estimate of drug-likeness (QED) is 0.0407. The second kappa shape index (κ2) is 19.2. The highest BCUT2D eigenvalue weighted by atomic mass is 32.2. The van der Waals surface area contributed by atoms with E-state index in [-0.39, 0.29) is 28.0 Å². The van der Waals surface area contributed by atoms with Gasteiger partial charge < -0.3 is 35.0 Å². The van der Waals surface area contributed by atoms with E-state index in [1.165, 1.54) is 0 Å². The molecule has 0 aliphatic heterocycles. The molecule has 33 heteroatoms. The van der Waals surface area contributed by atoms with Crippen LogP contribution in [0, 0.1) is 0 Å². The molecule has 0 aliphatic rings. The zero-order valence-corrected chi connectivity index (χ0v) is 37.9. The van der Waals surface area contributed by atoms with Crippen LogP contribution in [0.3, 0.4) is 0 Å². The minimum Gasteiger partial charge on any atom is -0.507 e. The topological polar surface area (TPSA) is 466 Å². The Morgan fingerprint density at radius 2 is 0.913 bits per heavy atom. The maximum absolute atomic E-state index is 12.6. The molecule has 0 amide bonds. The SMILES string of the molecule is O=S(=O)(O)c1ccc2c(O)c(N=Nc3ccc(N=Nc4cc(OCCO)c(N=Nc5c(S(=O)(=O)O)cc6cc(S(=O)(=O)O)cc(O)c6c5O)cc4OCCO)c(S(=O)(=O)O)c3)c(S(=O)(=O)O)cc2c1. The van der Waals surface area contributed by atoms with Gasteiger partial charge in [0.05, 0.1) is 34.1 Å². The van der Waals surface area contributed by atoms with E-state index in [0.717, 1.165) is 42.5 Å². The molecular weight excluding hydrogens is 1030 g/mol. The first-order chi connectivity index (χ1) is 32.0. The third-order valence-electron chi connectivity index (χ3n) is 9.02. The number of ether oxygens (including phenoxy) is 2. The second-order valence-corrected chi connectivity index (χ2v) is 20.6. The Morgan fingerprint density at radius 3 is 1.43 bits per heavy atom. The van der Waals surface area contributed by atoms with Crippen LogP contribution in [0.5, 0.6) is 28.7 Å². The van der Waals surface area contributed by atoms with Crippen LogP contribution in [0.4, 0.5) is 34.1 Å². The van der Waals surface area contributed by atoms with Crippen LogP contribution in [-0.2, 0) is 50.6 Å². The summed E-state index contributed by atoms with van der Waals surface area (Å²) in [7, 11) is -25.6. The highest BCUT2D eigenvalue weighted by Crippen LogP contribution is 2.48. The fourth-order valence-corrected chi connectivity index (χ4v) is 9.09. The van der Waals surface area contributed by atoms with Crippen LogP contribution < -0.4 is 9.47 Å². The number of hydrogen-bond donors (Lipinski definition) is 10. The molecule has 6 aromatic carbocycles.